The largest absolute Gasteiger partial charge is 0.490 e. The second-order valence-corrected chi connectivity index (χ2v) is 10.8. The number of likely N-dealkylation sites (tertiary alicyclic amines) is 1. The topological polar surface area (TPSA) is 38.8 Å². The predicted molar refractivity (Wildman–Crippen MR) is 129 cm³/mol. The van der Waals surface area contributed by atoms with Gasteiger partial charge in [0.1, 0.15) is 23.3 Å². The van der Waals surface area contributed by atoms with E-state index in [2.05, 4.69) is 4.90 Å². The molecule has 0 spiro atoms. The molecule has 4 nitrogen and oxygen atoms in total. The van der Waals surface area contributed by atoms with Crippen LogP contribution in [0.4, 0.5) is 4.39 Å². The first kappa shape index (κ1) is 24.3. The summed E-state index contributed by atoms with van der Waals surface area (Å²) in [7, 11) is 0. The van der Waals surface area contributed by atoms with Gasteiger partial charge in [-0.05, 0) is 81.7 Å². The van der Waals surface area contributed by atoms with Crippen molar-refractivity contribution in [1.29, 1.82) is 0 Å². The lowest BCUT2D eigenvalue weighted by Gasteiger charge is -2.32. The first-order chi connectivity index (χ1) is 15.6. The minimum Gasteiger partial charge on any atom is -0.490 e. The van der Waals surface area contributed by atoms with Crippen LogP contribution < -0.4 is 4.74 Å². The second kappa shape index (κ2) is 9.81. The molecule has 33 heavy (non-hydrogen) atoms. The van der Waals surface area contributed by atoms with E-state index in [-0.39, 0.29) is 17.6 Å². The third-order valence-electron chi connectivity index (χ3n) is 6.00. The van der Waals surface area contributed by atoms with E-state index in [1.165, 1.54) is 0 Å². The van der Waals surface area contributed by atoms with Crippen molar-refractivity contribution in [3.05, 3.63) is 62.9 Å². The van der Waals surface area contributed by atoms with E-state index in [4.69, 9.17) is 32.7 Å². The lowest BCUT2D eigenvalue weighted by molar-refractivity contribution is 0.00643. The van der Waals surface area contributed by atoms with Crippen molar-refractivity contribution < 1.29 is 18.7 Å². The van der Waals surface area contributed by atoms with E-state index in [9.17, 15) is 4.79 Å². The molecule has 0 bridgehead atoms. The van der Waals surface area contributed by atoms with Crippen molar-refractivity contribution in [3.63, 3.8) is 0 Å². The number of nitrogens with zero attached hydrogens (tertiary/aromatic N) is 1. The number of hydrogen-bond donors (Lipinski definition) is 0. The second-order valence-electron chi connectivity index (χ2n) is 9.95. The average molecular weight is 494 g/mol. The van der Waals surface area contributed by atoms with Crippen LogP contribution in [0.3, 0.4) is 0 Å². The van der Waals surface area contributed by atoms with Crippen LogP contribution in [-0.2, 0) is 11.3 Å². The van der Waals surface area contributed by atoms with Crippen LogP contribution in [0.15, 0.2) is 30.3 Å². The third kappa shape index (κ3) is 6.20. The highest BCUT2D eigenvalue weighted by Gasteiger charge is 2.33. The van der Waals surface area contributed by atoms with Crippen LogP contribution in [0.2, 0.25) is 10.0 Å². The summed E-state index contributed by atoms with van der Waals surface area (Å²) in [5.41, 5.74) is 1.02. The summed E-state index contributed by atoms with van der Waals surface area (Å²) >= 11 is 12.1. The van der Waals surface area contributed by atoms with E-state index < -0.39 is 17.4 Å². The Kier molecular flexibility index (Phi) is 7.23. The van der Waals surface area contributed by atoms with Gasteiger partial charge in [0.05, 0.1) is 15.6 Å². The maximum Gasteiger partial charge on any atom is 0.341 e. The van der Waals surface area contributed by atoms with Gasteiger partial charge in [-0.25, -0.2) is 9.18 Å². The van der Waals surface area contributed by atoms with Crippen molar-refractivity contribution in [1.82, 2.24) is 4.90 Å². The summed E-state index contributed by atoms with van der Waals surface area (Å²) in [4.78, 5) is 14.8. The van der Waals surface area contributed by atoms with Crippen molar-refractivity contribution in [2.75, 3.05) is 13.1 Å². The number of piperidine rings is 1. The van der Waals surface area contributed by atoms with Crippen LogP contribution in [0.1, 0.15) is 73.9 Å². The smallest absolute Gasteiger partial charge is 0.341 e. The highest BCUT2D eigenvalue weighted by atomic mass is 35.5. The van der Waals surface area contributed by atoms with Gasteiger partial charge in [-0.2, -0.15) is 0 Å². The Bertz CT molecular complexity index is 1020. The fourth-order valence-electron chi connectivity index (χ4n) is 4.24. The summed E-state index contributed by atoms with van der Waals surface area (Å²) in [5.74, 6) is -0.104. The SMILES string of the molecule is CC(C)(C)OC(=O)c1ccc(CN2CCC(Oc3ccc(Cl)c(Cl)c3)CC2)c(C2CC2)c1F. The molecule has 7 heteroatoms. The van der Waals surface area contributed by atoms with Gasteiger partial charge in [-0.1, -0.05) is 29.3 Å². The lowest BCUT2D eigenvalue weighted by atomic mass is 9.97. The van der Waals surface area contributed by atoms with Crippen LogP contribution in [0.5, 0.6) is 5.75 Å². The molecule has 0 N–H and O–H groups in total. The van der Waals surface area contributed by atoms with Crippen molar-refractivity contribution in [2.24, 2.45) is 0 Å². The summed E-state index contributed by atoms with van der Waals surface area (Å²) in [5, 5.41) is 0.992. The fraction of sp³-hybridized carbons (Fsp3) is 0.500. The van der Waals surface area contributed by atoms with E-state index in [1.54, 1.807) is 39.0 Å². The van der Waals surface area contributed by atoms with Gasteiger partial charge >= 0.3 is 5.97 Å². The molecule has 1 saturated heterocycles. The Labute approximate surface area is 205 Å². The van der Waals surface area contributed by atoms with Crippen LogP contribution >= 0.6 is 23.2 Å². The quantitative estimate of drug-likeness (QED) is 0.405. The summed E-state index contributed by atoms with van der Waals surface area (Å²) in [6.45, 7) is 7.73. The fourth-order valence-corrected chi connectivity index (χ4v) is 4.53. The Balaban J connectivity index is 1.40. The summed E-state index contributed by atoms with van der Waals surface area (Å²) in [6, 6.07) is 8.78. The molecule has 2 fully saturated rings. The maximum atomic E-state index is 15.4. The Morgan fingerprint density at radius 3 is 2.36 bits per heavy atom. The number of rotatable bonds is 6. The van der Waals surface area contributed by atoms with Crippen molar-refractivity contribution in [2.45, 2.75) is 70.6 Å². The molecule has 0 atom stereocenters. The average Bonchev–Trinajstić information content (AvgIpc) is 3.56. The zero-order valence-electron chi connectivity index (χ0n) is 19.3. The molecule has 1 saturated carbocycles. The zero-order chi connectivity index (χ0) is 23.8. The van der Waals surface area contributed by atoms with E-state index in [1.807, 2.05) is 12.1 Å². The Morgan fingerprint density at radius 2 is 1.76 bits per heavy atom. The molecule has 178 valence electrons. The van der Waals surface area contributed by atoms with Gasteiger partial charge in [0.25, 0.3) is 0 Å². The highest BCUT2D eigenvalue weighted by Crippen LogP contribution is 2.44. The highest BCUT2D eigenvalue weighted by molar-refractivity contribution is 6.42. The molecule has 4 rings (SSSR count). The van der Waals surface area contributed by atoms with Crippen LogP contribution in [0, 0.1) is 5.82 Å². The first-order valence-corrected chi connectivity index (χ1v) is 12.2. The number of carbonyl (C=O) groups excluding carboxylic acids is 1. The Hall–Kier alpha value is -1.82. The molecule has 0 radical (unpaired) electrons. The summed E-state index contributed by atoms with van der Waals surface area (Å²) in [6.07, 6.45) is 3.77. The monoisotopic (exact) mass is 493 g/mol. The number of ether oxygens (including phenoxy) is 2. The van der Waals surface area contributed by atoms with E-state index in [0.717, 1.165) is 50.1 Å². The van der Waals surface area contributed by atoms with Gasteiger partial charge < -0.3 is 9.47 Å². The van der Waals surface area contributed by atoms with Gasteiger partial charge in [-0.3, -0.25) is 4.90 Å². The molecular weight excluding hydrogens is 464 g/mol. The van der Waals surface area contributed by atoms with Crippen molar-refractivity contribution in [3.8, 4) is 5.75 Å². The Morgan fingerprint density at radius 1 is 1.06 bits per heavy atom. The number of halogens is 3. The molecular formula is C26H30Cl2FNO3. The lowest BCUT2D eigenvalue weighted by Crippen LogP contribution is -2.38. The van der Waals surface area contributed by atoms with Gasteiger partial charge in [0.15, 0.2) is 0 Å². The third-order valence-corrected chi connectivity index (χ3v) is 6.74. The minimum atomic E-state index is -0.661. The van der Waals surface area contributed by atoms with Crippen molar-refractivity contribution >= 4 is 29.2 Å². The minimum absolute atomic E-state index is 0.0318. The molecule has 2 aliphatic rings. The van der Waals surface area contributed by atoms with E-state index >= 15 is 4.39 Å². The molecule has 0 aromatic heterocycles. The molecule has 2 aromatic rings. The van der Waals surface area contributed by atoms with Crippen LogP contribution in [-0.4, -0.2) is 35.7 Å². The standard InChI is InChI=1S/C26H30Cl2FNO3/c1-26(2,3)33-25(31)20-8-6-17(23(24(20)29)16-4-5-16)15-30-12-10-18(11-13-30)32-19-7-9-21(27)22(28)14-19/h6-9,14,16,18H,4-5,10-13,15H2,1-3H3. The number of benzene rings is 2. The molecule has 1 heterocycles. The molecule has 1 aliphatic heterocycles. The normalized spacial score (nSPS) is 17.8. The van der Waals surface area contributed by atoms with Gasteiger partial charge in [0, 0.05) is 25.7 Å². The predicted octanol–water partition coefficient (Wildman–Crippen LogP) is 7.01. The molecule has 0 amide bonds. The zero-order valence-corrected chi connectivity index (χ0v) is 20.8. The van der Waals surface area contributed by atoms with Gasteiger partial charge in [-0.15, -0.1) is 0 Å². The van der Waals surface area contributed by atoms with Crippen LogP contribution in [0.25, 0.3) is 0 Å². The first-order valence-electron chi connectivity index (χ1n) is 11.5. The molecule has 0 unspecified atom stereocenters. The van der Waals surface area contributed by atoms with Gasteiger partial charge in [0.2, 0.25) is 0 Å². The maximum absolute atomic E-state index is 15.4. The van der Waals surface area contributed by atoms with E-state index in [0.29, 0.717) is 22.2 Å². The molecule has 2 aromatic carbocycles. The molecule has 1 aliphatic carbocycles. The number of carbonyl (C=O) groups is 1. The summed E-state index contributed by atoms with van der Waals surface area (Å²) < 4.78 is 26.9. The number of esters is 1. The number of hydrogen-bond acceptors (Lipinski definition) is 4.